The van der Waals surface area contributed by atoms with E-state index in [4.69, 9.17) is 4.74 Å². The normalized spacial score (nSPS) is 15.8. The van der Waals surface area contributed by atoms with Crippen LogP contribution >= 0.6 is 0 Å². The predicted octanol–water partition coefficient (Wildman–Crippen LogP) is 4.77. The Morgan fingerprint density at radius 3 is 2.33 bits per heavy atom. The van der Waals surface area contributed by atoms with Gasteiger partial charge in [0.25, 0.3) is 0 Å². The van der Waals surface area contributed by atoms with Crippen LogP contribution in [-0.4, -0.2) is 11.9 Å². The minimum absolute atomic E-state index is 0.334. The van der Waals surface area contributed by atoms with E-state index in [0.717, 1.165) is 16.7 Å². The number of ether oxygens (including phenoxy) is 1. The third-order valence-corrected chi connectivity index (χ3v) is 4.28. The van der Waals surface area contributed by atoms with Crippen molar-refractivity contribution in [3.8, 4) is 0 Å². The van der Waals surface area contributed by atoms with E-state index < -0.39 is 5.97 Å². The molecule has 0 N–H and O–H groups in total. The van der Waals surface area contributed by atoms with Crippen molar-refractivity contribution in [3.05, 3.63) is 76.0 Å². The lowest BCUT2D eigenvalue weighted by atomic mass is 10.0. The SMILES string of the molecule is Cc1ccc(C2=NC(=Cc3ccc(C(C)C)cc3)C(=O)O2)cc1C. The third-order valence-electron chi connectivity index (χ3n) is 4.28. The van der Waals surface area contributed by atoms with E-state index in [1.165, 1.54) is 11.1 Å². The number of hydrogen-bond donors (Lipinski definition) is 0. The average Bonchev–Trinajstić information content (AvgIpc) is 2.91. The van der Waals surface area contributed by atoms with Gasteiger partial charge in [-0.15, -0.1) is 0 Å². The lowest BCUT2D eigenvalue weighted by molar-refractivity contribution is -0.129. The van der Waals surface area contributed by atoms with Crippen LogP contribution in [0, 0.1) is 13.8 Å². The Morgan fingerprint density at radius 1 is 1.00 bits per heavy atom. The zero-order chi connectivity index (χ0) is 17.3. The fourth-order valence-electron chi connectivity index (χ4n) is 2.54. The number of esters is 1. The summed E-state index contributed by atoms with van der Waals surface area (Å²) in [4.78, 5) is 16.5. The van der Waals surface area contributed by atoms with Crippen molar-refractivity contribution in [2.45, 2.75) is 33.6 Å². The Kier molecular flexibility index (Phi) is 4.34. The van der Waals surface area contributed by atoms with Crippen LogP contribution in [0.1, 0.15) is 47.6 Å². The summed E-state index contributed by atoms with van der Waals surface area (Å²) in [6.07, 6.45) is 1.76. The van der Waals surface area contributed by atoms with Crippen molar-refractivity contribution >= 4 is 17.9 Å². The van der Waals surface area contributed by atoms with Crippen LogP contribution in [-0.2, 0) is 9.53 Å². The molecule has 1 heterocycles. The molecule has 0 aromatic heterocycles. The topological polar surface area (TPSA) is 38.7 Å². The highest BCUT2D eigenvalue weighted by atomic mass is 16.6. The number of aliphatic imine (C=N–C) groups is 1. The summed E-state index contributed by atoms with van der Waals surface area (Å²) in [5, 5.41) is 0. The summed E-state index contributed by atoms with van der Waals surface area (Å²) >= 11 is 0. The quantitative estimate of drug-likeness (QED) is 0.603. The number of rotatable bonds is 3. The summed E-state index contributed by atoms with van der Waals surface area (Å²) in [7, 11) is 0. The number of cyclic esters (lactones) is 1. The van der Waals surface area contributed by atoms with Crippen LogP contribution in [0.4, 0.5) is 0 Å². The molecule has 0 saturated heterocycles. The molecule has 0 unspecified atom stereocenters. The monoisotopic (exact) mass is 319 g/mol. The molecule has 0 spiro atoms. The first-order valence-corrected chi connectivity index (χ1v) is 8.14. The van der Waals surface area contributed by atoms with Crippen LogP contribution in [0.2, 0.25) is 0 Å². The van der Waals surface area contributed by atoms with E-state index in [1.807, 2.05) is 44.2 Å². The largest absolute Gasteiger partial charge is 0.402 e. The molecule has 0 saturated carbocycles. The molecular formula is C21H21NO2. The molecule has 2 aromatic rings. The zero-order valence-corrected chi connectivity index (χ0v) is 14.5. The van der Waals surface area contributed by atoms with Gasteiger partial charge in [-0.2, -0.15) is 0 Å². The second-order valence-electron chi connectivity index (χ2n) is 6.46. The molecule has 0 radical (unpaired) electrons. The van der Waals surface area contributed by atoms with Gasteiger partial charge >= 0.3 is 5.97 Å². The number of benzene rings is 2. The first-order chi connectivity index (χ1) is 11.4. The number of nitrogens with zero attached hydrogens (tertiary/aromatic N) is 1. The van der Waals surface area contributed by atoms with Gasteiger partial charge in [0, 0.05) is 5.56 Å². The van der Waals surface area contributed by atoms with Crippen molar-refractivity contribution < 1.29 is 9.53 Å². The molecule has 24 heavy (non-hydrogen) atoms. The predicted molar refractivity (Wildman–Crippen MR) is 97.1 cm³/mol. The maximum absolute atomic E-state index is 12.1. The van der Waals surface area contributed by atoms with E-state index in [9.17, 15) is 4.79 Å². The van der Waals surface area contributed by atoms with Gasteiger partial charge in [0.2, 0.25) is 5.90 Å². The molecule has 1 aliphatic rings. The molecule has 3 rings (SSSR count). The van der Waals surface area contributed by atoms with E-state index in [1.54, 1.807) is 6.08 Å². The maximum atomic E-state index is 12.1. The number of hydrogen-bond acceptors (Lipinski definition) is 3. The fraction of sp³-hybridized carbons (Fsp3) is 0.238. The summed E-state index contributed by atoms with van der Waals surface area (Å²) in [5.41, 5.74) is 5.71. The van der Waals surface area contributed by atoms with Gasteiger partial charge in [0.1, 0.15) is 0 Å². The highest BCUT2D eigenvalue weighted by Crippen LogP contribution is 2.22. The molecule has 2 aromatic carbocycles. The molecule has 3 nitrogen and oxygen atoms in total. The smallest absolute Gasteiger partial charge is 0.363 e. The Morgan fingerprint density at radius 2 is 1.71 bits per heavy atom. The van der Waals surface area contributed by atoms with Crippen molar-refractivity contribution in [1.29, 1.82) is 0 Å². The summed E-state index contributed by atoms with van der Waals surface area (Å²) in [5.74, 6) is 0.446. The second-order valence-corrected chi connectivity index (χ2v) is 6.46. The Hall–Kier alpha value is -2.68. The van der Waals surface area contributed by atoms with Gasteiger partial charge in [-0.25, -0.2) is 9.79 Å². The third kappa shape index (κ3) is 3.30. The lowest BCUT2D eigenvalue weighted by Crippen LogP contribution is -2.05. The van der Waals surface area contributed by atoms with Crippen LogP contribution < -0.4 is 0 Å². The van der Waals surface area contributed by atoms with Gasteiger partial charge in [0.15, 0.2) is 5.70 Å². The molecule has 0 bridgehead atoms. The lowest BCUT2D eigenvalue weighted by Gasteiger charge is -2.04. The zero-order valence-electron chi connectivity index (χ0n) is 14.5. The summed E-state index contributed by atoms with van der Waals surface area (Å²) in [6.45, 7) is 8.39. The van der Waals surface area contributed by atoms with E-state index in [0.29, 0.717) is 17.5 Å². The Bertz CT molecular complexity index is 843. The molecule has 3 heteroatoms. The highest BCUT2D eigenvalue weighted by molar-refractivity contribution is 6.12. The molecule has 0 atom stereocenters. The van der Waals surface area contributed by atoms with Crippen molar-refractivity contribution in [3.63, 3.8) is 0 Å². The minimum atomic E-state index is -0.406. The van der Waals surface area contributed by atoms with Crippen LogP contribution in [0.15, 0.2) is 53.2 Å². The molecule has 0 aliphatic carbocycles. The molecule has 1 aliphatic heterocycles. The van der Waals surface area contributed by atoms with Crippen molar-refractivity contribution in [2.75, 3.05) is 0 Å². The molecule has 0 amide bonds. The number of carbonyl (C=O) groups is 1. The van der Waals surface area contributed by atoms with E-state index in [2.05, 4.69) is 31.0 Å². The Balaban J connectivity index is 1.89. The number of carbonyl (C=O) groups excluding carboxylic acids is 1. The Labute approximate surface area is 142 Å². The van der Waals surface area contributed by atoms with Gasteiger partial charge in [-0.3, -0.25) is 0 Å². The fourth-order valence-corrected chi connectivity index (χ4v) is 2.54. The first kappa shape index (κ1) is 16.2. The average molecular weight is 319 g/mol. The van der Waals surface area contributed by atoms with E-state index in [-0.39, 0.29) is 0 Å². The van der Waals surface area contributed by atoms with Gasteiger partial charge in [0.05, 0.1) is 0 Å². The summed E-state index contributed by atoms with van der Waals surface area (Å²) in [6, 6.07) is 14.1. The van der Waals surface area contributed by atoms with Crippen molar-refractivity contribution in [1.82, 2.24) is 0 Å². The summed E-state index contributed by atoms with van der Waals surface area (Å²) < 4.78 is 5.33. The van der Waals surface area contributed by atoms with Gasteiger partial charge in [-0.05, 0) is 60.2 Å². The van der Waals surface area contributed by atoms with Crippen LogP contribution in [0.3, 0.4) is 0 Å². The maximum Gasteiger partial charge on any atom is 0.363 e. The molecule has 122 valence electrons. The second kappa shape index (κ2) is 6.44. The van der Waals surface area contributed by atoms with Crippen molar-refractivity contribution in [2.24, 2.45) is 4.99 Å². The van der Waals surface area contributed by atoms with Crippen LogP contribution in [0.5, 0.6) is 0 Å². The van der Waals surface area contributed by atoms with E-state index >= 15 is 0 Å². The van der Waals surface area contributed by atoms with Gasteiger partial charge in [-0.1, -0.05) is 44.2 Å². The molecular weight excluding hydrogens is 298 g/mol. The minimum Gasteiger partial charge on any atom is -0.402 e. The highest BCUT2D eigenvalue weighted by Gasteiger charge is 2.24. The standard InChI is InChI=1S/C21H21NO2/c1-13(2)17-9-6-16(7-10-17)12-19-21(23)24-20(22-19)18-8-5-14(3)15(4)11-18/h5-13H,1-4H3. The van der Waals surface area contributed by atoms with Gasteiger partial charge < -0.3 is 4.74 Å². The molecule has 0 fully saturated rings. The van der Waals surface area contributed by atoms with Crippen LogP contribution in [0.25, 0.3) is 6.08 Å². The first-order valence-electron chi connectivity index (χ1n) is 8.14. The number of aryl methyl sites for hydroxylation is 2.